The van der Waals surface area contributed by atoms with Crippen LogP contribution < -0.4 is 4.74 Å². The van der Waals surface area contributed by atoms with Gasteiger partial charge in [-0.3, -0.25) is 4.79 Å². The fourth-order valence-corrected chi connectivity index (χ4v) is 2.74. The van der Waals surface area contributed by atoms with E-state index in [-0.39, 0.29) is 24.6 Å². The van der Waals surface area contributed by atoms with E-state index in [0.717, 1.165) is 0 Å². The number of halogens is 1. The minimum Gasteiger partial charge on any atom is -0.485 e. The summed E-state index contributed by atoms with van der Waals surface area (Å²) in [6, 6.07) is 6.73. The Labute approximate surface area is 137 Å². The van der Waals surface area contributed by atoms with Crippen LogP contribution in [0.1, 0.15) is 16.8 Å². The van der Waals surface area contributed by atoms with Crippen molar-refractivity contribution in [3.05, 3.63) is 54.2 Å². The number of furan rings is 1. The molecule has 2 atom stereocenters. The third kappa shape index (κ3) is 3.10. The Morgan fingerprint density at radius 2 is 2.08 bits per heavy atom. The Hall–Kier alpha value is -2.83. The number of esters is 1. The number of para-hydroxylation sites is 1. The molecule has 0 aliphatic carbocycles. The minimum absolute atomic E-state index is 0.0868. The Morgan fingerprint density at radius 3 is 2.75 bits per heavy atom. The maximum atomic E-state index is 13.7. The number of amides is 1. The van der Waals surface area contributed by atoms with Crippen LogP contribution in [-0.4, -0.2) is 42.6 Å². The van der Waals surface area contributed by atoms with Crippen molar-refractivity contribution >= 4 is 11.9 Å². The number of benzene rings is 1. The van der Waals surface area contributed by atoms with E-state index in [2.05, 4.69) is 0 Å². The van der Waals surface area contributed by atoms with Gasteiger partial charge >= 0.3 is 5.97 Å². The summed E-state index contributed by atoms with van der Waals surface area (Å²) in [5.41, 5.74) is 0.329. The van der Waals surface area contributed by atoms with Crippen LogP contribution in [0.15, 0.2) is 47.3 Å². The summed E-state index contributed by atoms with van der Waals surface area (Å²) < 4.78 is 29.0. The molecule has 1 aromatic carbocycles. The summed E-state index contributed by atoms with van der Waals surface area (Å²) in [4.78, 5) is 25.9. The topological polar surface area (TPSA) is 69.0 Å². The molecular weight excluding hydrogens is 317 g/mol. The lowest BCUT2D eigenvalue weighted by atomic mass is 10.2. The molecule has 1 aliphatic heterocycles. The van der Waals surface area contributed by atoms with Gasteiger partial charge in [-0.15, -0.1) is 0 Å². The van der Waals surface area contributed by atoms with Crippen molar-refractivity contribution in [2.24, 2.45) is 0 Å². The molecule has 6 nitrogen and oxygen atoms in total. The molecule has 3 rings (SSSR count). The average Bonchev–Trinajstić information content (AvgIpc) is 3.25. The predicted octanol–water partition coefficient (Wildman–Crippen LogP) is 2.25. The molecule has 24 heavy (non-hydrogen) atoms. The molecule has 2 aromatic rings. The quantitative estimate of drug-likeness (QED) is 0.803. The van der Waals surface area contributed by atoms with Crippen molar-refractivity contribution in [1.82, 2.24) is 4.90 Å². The first kappa shape index (κ1) is 16.0. The van der Waals surface area contributed by atoms with E-state index in [1.165, 1.54) is 42.7 Å². The van der Waals surface area contributed by atoms with Crippen molar-refractivity contribution in [3.63, 3.8) is 0 Å². The molecule has 0 N–H and O–H groups in total. The Bertz CT molecular complexity index is 730. The molecule has 0 unspecified atom stereocenters. The first-order valence-corrected chi connectivity index (χ1v) is 7.42. The van der Waals surface area contributed by atoms with Crippen LogP contribution in [0.3, 0.4) is 0 Å². The molecule has 1 fully saturated rings. The van der Waals surface area contributed by atoms with E-state index < -0.39 is 23.9 Å². The highest BCUT2D eigenvalue weighted by atomic mass is 19.1. The second-order valence-electron chi connectivity index (χ2n) is 5.41. The number of nitrogens with zero attached hydrogens (tertiary/aromatic N) is 1. The molecule has 7 heteroatoms. The van der Waals surface area contributed by atoms with Crippen molar-refractivity contribution in [3.8, 4) is 5.75 Å². The maximum absolute atomic E-state index is 13.7. The lowest BCUT2D eigenvalue weighted by Gasteiger charge is -2.21. The van der Waals surface area contributed by atoms with E-state index in [0.29, 0.717) is 5.56 Å². The van der Waals surface area contributed by atoms with Crippen LogP contribution in [0.25, 0.3) is 0 Å². The third-order valence-electron chi connectivity index (χ3n) is 3.90. The number of hydrogen-bond donors (Lipinski definition) is 0. The van der Waals surface area contributed by atoms with E-state index in [1.807, 2.05) is 0 Å². The Morgan fingerprint density at radius 1 is 1.29 bits per heavy atom. The number of hydrogen-bond acceptors (Lipinski definition) is 5. The molecule has 0 bridgehead atoms. The minimum atomic E-state index is -0.783. The van der Waals surface area contributed by atoms with Crippen molar-refractivity contribution in [1.29, 1.82) is 0 Å². The summed E-state index contributed by atoms with van der Waals surface area (Å²) in [6.07, 6.45) is 2.40. The number of ether oxygens (including phenoxy) is 2. The summed E-state index contributed by atoms with van der Waals surface area (Å²) >= 11 is 0. The zero-order valence-electron chi connectivity index (χ0n) is 13.0. The molecule has 1 saturated heterocycles. The van der Waals surface area contributed by atoms with Gasteiger partial charge in [0.15, 0.2) is 11.6 Å². The largest absolute Gasteiger partial charge is 0.485 e. The van der Waals surface area contributed by atoms with E-state index in [4.69, 9.17) is 13.9 Å². The zero-order chi connectivity index (χ0) is 17.1. The second-order valence-corrected chi connectivity index (χ2v) is 5.41. The van der Waals surface area contributed by atoms with Crippen LogP contribution in [-0.2, 0) is 9.53 Å². The fraction of sp³-hybridized carbons (Fsp3) is 0.294. The lowest BCUT2D eigenvalue weighted by molar-refractivity contribution is -0.145. The summed E-state index contributed by atoms with van der Waals surface area (Å²) in [5.74, 6) is -1.30. The zero-order valence-corrected chi connectivity index (χ0v) is 13.0. The third-order valence-corrected chi connectivity index (χ3v) is 3.90. The van der Waals surface area contributed by atoms with Crippen LogP contribution in [0.5, 0.6) is 5.75 Å². The molecule has 0 spiro atoms. The lowest BCUT2D eigenvalue weighted by Crippen LogP contribution is -2.41. The second kappa shape index (κ2) is 6.74. The van der Waals surface area contributed by atoms with E-state index >= 15 is 0 Å². The highest BCUT2D eigenvalue weighted by molar-refractivity contribution is 5.96. The molecule has 1 aromatic heterocycles. The average molecular weight is 333 g/mol. The van der Waals surface area contributed by atoms with Crippen molar-refractivity contribution < 1.29 is 27.9 Å². The first-order valence-electron chi connectivity index (χ1n) is 7.42. The summed E-state index contributed by atoms with van der Waals surface area (Å²) in [7, 11) is 1.26. The van der Waals surface area contributed by atoms with Gasteiger partial charge in [-0.25, -0.2) is 9.18 Å². The number of carbonyl (C=O) groups excluding carboxylic acids is 2. The molecule has 126 valence electrons. The number of likely N-dealkylation sites (tertiary alicyclic amines) is 1. The number of carbonyl (C=O) groups is 2. The van der Waals surface area contributed by atoms with Gasteiger partial charge in [0.05, 0.1) is 25.5 Å². The van der Waals surface area contributed by atoms with Gasteiger partial charge < -0.3 is 18.8 Å². The summed E-state index contributed by atoms with van der Waals surface area (Å²) in [5, 5.41) is 0. The molecular formula is C17H16FNO5. The number of rotatable bonds is 4. The highest BCUT2D eigenvalue weighted by Gasteiger charge is 2.42. The van der Waals surface area contributed by atoms with Gasteiger partial charge in [0, 0.05) is 6.42 Å². The van der Waals surface area contributed by atoms with Crippen molar-refractivity contribution in [2.75, 3.05) is 13.7 Å². The molecule has 1 amide bonds. The van der Waals surface area contributed by atoms with Crippen molar-refractivity contribution in [2.45, 2.75) is 18.6 Å². The normalized spacial score (nSPS) is 20.0. The van der Waals surface area contributed by atoms with Crippen LogP contribution in [0.4, 0.5) is 4.39 Å². The van der Waals surface area contributed by atoms with E-state index in [1.54, 1.807) is 12.1 Å². The first-order chi connectivity index (χ1) is 11.6. The van der Waals surface area contributed by atoms with Crippen LogP contribution in [0.2, 0.25) is 0 Å². The van der Waals surface area contributed by atoms with Gasteiger partial charge in [-0.05, 0) is 18.2 Å². The number of methoxy groups -OCH3 is 1. The van der Waals surface area contributed by atoms with E-state index in [9.17, 15) is 14.0 Å². The molecule has 0 saturated carbocycles. The van der Waals surface area contributed by atoms with Gasteiger partial charge in [-0.1, -0.05) is 12.1 Å². The van der Waals surface area contributed by atoms with Crippen LogP contribution in [0, 0.1) is 5.82 Å². The fourth-order valence-electron chi connectivity index (χ4n) is 2.74. The molecule has 1 aliphatic rings. The van der Waals surface area contributed by atoms with Gasteiger partial charge in [0.2, 0.25) is 0 Å². The highest BCUT2D eigenvalue weighted by Crippen LogP contribution is 2.27. The standard InChI is InChI=1S/C17H16FNO5/c1-22-17(21)14-8-12(24-15-5-3-2-4-13(15)18)9-19(14)16(20)11-6-7-23-10-11/h2-7,10,12,14H,8-9H2,1H3/t12-,14-/m1/s1. The van der Waals surface area contributed by atoms with Gasteiger partial charge in [0.25, 0.3) is 5.91 Å². The molecule has 0 radical (unpaired) electrons. The van der Waals surface area contributed by atoms with Gasteiger partial charge in [0.1, 0.15) is 18.4 Å². The Kier molecular flexibility index (Phi) is 4.50. The summed E-state index contributed by atoms with van der Waals surface area (Å²) in [6.45, 7) is 0.151. The van der Waals surface area contributed by atoms with Crippen LogP contribution >= 0.6 is 0 Å². The maximum Gasteiger partial charge on any atom is 0.328 e. The van der Waals surface area contributed by atoms with Gasteiger partial charge in [-0.2, -0.15) is 0 Å². The Balaban J connectivity index is 1.79. The monoisotopic (exact) mass is 333 g/mol. The molecule has 2 heterocycles. The predicted molar refractivity (Wildman–Crippen MR) is 81.0 cm³/mol. The SMILES string of the molecule is COC(=O)[C@H]1C[C@@H](Oc2ccccc2F)CN1C(=O)c1ccoc1. The smallest absolute Gasteiger partial charge is 0.328 e.